The molecule has 0 aliphatic rings. The van der Waals surface area contributed by atoms with Crippen LogP contribution in [0.5, 0.6) is 0 Å². The van der Waals surface area contributed by atoms with Gasteiger partial charge in [0.05, 0.1) is 0 Å². The van der Waals surface area contributed by atoms with E-state index in [2.05, 4.69) is 26.0 Å². The smallest absolute Gasteiger partial charge is 0.158 e. The molecular weight excluding hydrogens is 380 g/mol. The molecule has 0 heterocycles. The largest absolute Gasteiger partial charge is 0.374 e. The van der Waals surface area contributed by atoms with Crippen molar-refractivity contribution in [3.8, 4) is 0 Å². The first-order valence-electron chi connectivity index (χ1n) is 14.1. The highest BCUT2D eigenvalue weighted by Gasteiger charge is 2.02. The molecule has 0 unspecified atom stereocenters. The fourth-order valence-corrected chi connectivity index (χ4v) is 3.99. The van der Waals surface area contributed by atoms with Crippen LogP contribution in [0.15, 0.2) is 12.2 Å². The molecule has 0 aromatic heterocycles. The minimum atomic E-state index is 0.290. The van der Waals surface area contributed by atoms with Crippen molar-refractivity contribution >= 4 is 5.78 Å². The number of carbonyl (C=O) groups is 1. The lowest BCUT2D eigenvalue weighted by atomic mass is 10.1. The molecule has 31 heavy (non-hydrogen) atoms. The summed E-state index contributed by atoms with van der Waals surface area (Å²) in [6.07, 6.45) is 32.9. The summed E-state index contributed by atoms with van der Waals surface area (Å²) in [5, 5.41) is 0. The van der Waals surface area contributed by atoms with Crippen molar-refractivity contribution in [2.45, 2.75) is 155 Å². The fraction of sp³-hybridized carbons (Fsp3) is 0.897. The van der Waals surface area contributed by atoms with E-state index in [4.69, 9.17) is 4.74 Å². The first-order valence-corrected chi connectivity index (χ1v) is 14.1. The van der Waals surface area contributed by atoms with Gasteiger partial charge in [-0.2, -0.15) is 0 Å². The summed E-state index contributed by atoms with van der Waals surface area (Å²) in [6.45, 7) is 5.61. The molecule has 0 radical (unpaired) electrons. The molecular formula is C29H56O2. The number of carbonyl (C=O) groups excluding carboxylic acids is 1. The number of hydrogen-bond donors (Lipinski definition) is 0. The number of hydrogen-bond acceptors (Lipinski definition) is 2. The molecule has 0 amide bonds. The number of Topliss-reactive ketones (excluding diaryl/α,β-unsaturated/α-hetero) is 1. The fourth-order valence-electron chi connectivity index (χ4n) is 3.99. The van der Waals surface area contributed by atoms with Crippen LogP contribution in [0.2, 0.25) is 0 Å². The lowest BCUT2D eigenvalue weighted by Crippen LogP contribution is -2.09. The Morgan fingerprint density at radius 2 is 0.968 bits per heavy atom. The first-order chi connectivity index (χ1) is 15.3. The minimum Gasteiger partial charge on any atom is -0.374 e. The second kappa shape index (κ2) is 27.4. The molecule has 0 saturated carbocycles. The van der Waals surface area contributed by atoms with E-state index in [1.165, 1.54) is 122 Å². The second-order valence-electron chi connectivity index (χ2n) is 9.40. The minimum absolute atomic E-state index is 0.290. The molecule has 0 spiro atoms. The van der Waals surface area contributed by atoms with Crippen molar-refractivity contribution in [1.82, 2.24) is 0 Å². The van der Waals surface area contributed by atoms with E-state index in [0.717, 1.165) is 19.4 Å². The Bertz CT molecular complexity index is 375. The van der Waals surface area contributed by atoms with E-state index in [-0.39, 0.29) is 5.78 Å². The molecule has 0 atom stereocenters. The molecule has 0 bridgehead atoms. The van der Waals surface area contributed by atoms with E-state index >= 15 is 0 Å². The normalized spacial score (nSPS) is 11.5. The SMILES string of the molecule is CCCCCCCCC=CCCCCCCCCOCC(=O)CCCCCCCCC. The Labute approximate surface area is 196 Å². The van der Waals surface area contributed by atoms with E-state index in [1.54, 1.807) is 0 Å². The van der Waals surface area contributed by atoms with Crippen LogP contribution in [-0.4, -0.2) is 19.0 Å². The lowest BCUT2D eigenvalue weighted by Gasteiger charge is -2.04. The maximum Gasteiger partial charge on any atom is 0.158 e. The first kappa shape index (κ1) is 30.4. The Balaban J connectivity index is 3.17. The summed E-state index contributed by atoms with van der Waals surface area (Å²) in [7, 11) is 0. The van der Waals surface area contributed by atoms with E-state index in [9.17, 15) is 4.79 Å². The summed E-state index contributed by atoms with van der Waals surface area (Å²) >= 11 is 0. The van der Waals surface area contributed by atoms with Gasteiger partial charge in [-0.3, -0.25) is 4.79 Å². The second-order valence-corrected chi connectivity index (χ2v) is 9.40. The number of unbranched alkanes of at least 4 members (excludes halogenated alkanes) is 18. The van der Waals surface area contributed by atoms with Gasteiger partial charge in [-0.25, -0.2) is 0 Å². The average Bonchev–Trinajstić information content (AvgIpc) is 2.77. The van der Waals surface area contributed by atoms with Gasteiger partial charge < -0.3 is 4.74 Å². The highest BCUT2D eigenvalue weighted by molar-refractivity contribution is 5.79. The maximum atomic E-state index is 11.8. The van der Waals surface area contributed by atoms with Crippen molar-refractivity contribution in [3.05, 3.63) is 12.2 Å². The number of ketones is 1. The van der Waals surface area contributed by atoms with Gasteiger partial charge in [-0.05, 0) is 38.5 Å². The van der Waals surface area contributed by atoms with Crippen LogP contribution >= 0.6 is 0 Å². The molecule has 0 fully saturated rings. The van der Waals surface area contributed by atoms with E-state index in [1.807, 2.05) is 0 Å². The van der Waals surface area contributed by atoms with Gasteiger partial charge in [0.25, 0.3) is 0 Å². The number of allylic oxidation sites excluding steroid dienone is 2. The third-order valence-electron chi connectivity index (χ3n) is 6.12. The molecule has 0 aliphatic heterocycles. The van der Waals surface area contributed by atoms with Gasteiger partial charge in [0, 0.05) is 13.0 Å². The summed E-state index contributed by atoms with van der Waals surface area (Å²) < 4.78 is 5.57. The Hall–Kier alpha value is -0.630. The summed E-state index contributed by atoms with van der Waals surface area (Å²) in [5.74, 6) is 0.290. The zero-order chi connectivity index (χ0) is 22.7. The molecule has 0 saturated heterocycles. The van der Waals surface area contributed by atoms with Crippen molar-refractivity contribution in [2.75, 3.05) is 13.2 Å². The highest BCUT2D eigenvalue weighted by Crippen LogP contribution is 2.11. The Morgan fingerprint density at radius 3 is 1.48 bits per heavy atom. The Morgan fingerprint density at radius 1 is 0.548 bits per heavy atom. The molecule has 0 N–H and O–H groups in total. The topological polar surface area (TPSA) is 26.3 Å². The zero-order valence-corrected chi connectivity index (χ0v) is 21.4. The predicted molar refractivity (Wildman–Crippen MR) is 138 cm³/mol. The third kappa shape index (κ3) is 27.3. The van der Waals surface area contributed by atoms with Crippen molar-refractivity contribution in [1.29, 1.82) is 0 Å². The highest BCUT2D eigenvalue weighted by atomic mass is 16.5. The lowest BCUT2D eigenvalue weighted by molar-refractivity contribution is -0.123. The van der Waals surface area contributed by atoms with Crippen LogP contribution in [0.1, 0.15) is 155 Å². The number of ether oxygens (including phenoxy) is 1. The van der Waals surface area contributed by atoms with Gasteiger partial charge in [-0.15, -0.1) is 0 Å². The summed E-state index contributed by atoms with van der Waals surface area (Å²) in [6, 6.07) is 0. The molecule has 0 aromatic carbocycles. The standard InChI is InChI=1S/C29H56O2/c1-3-5-7-9-11-12-13-14-15-16-17-18-19-21-23-25-27-31-28-29(30)26-24-22-20-10-8-6-4-2/h14-15H,3-13,16-28H2,1-2H3. The van der Waals surface area contributed by atoms with Gasteiger partial charge in [-0.1, -0.05) is 122 Å². The van der Waals surface area contributed by atoms with E-state index in [0.29, 0.717) is 13.0 Å². The van der Waals surface area contributed by atoms with Gasteiger partial charge >= 0.3 is 0 Å². The van der Waals surface area contributed by atoms with Crippen molar-refractivity contribution < 1.29 is 9.53 Å². The van der Waals surface area contributed by atoms with Crippen LogP contribution in [0.4, 0.5) is 0 Å². The quantitative estimate of drug-likeness (QED) is 0.0995. The maximum absolute atomic E-state index is 11.8. The number of rotatable bonds is 26. The van der Waals surface area contributed by atoms with Crippen LogP contribution in [0, 0.1) is 0 Å². The van der Waals surface area contributed by atoms with E-state index < -0.39 is 0 Å². The molecule has 2 nitrogen and oxygen atoms in total. The van der Waals surface area contributed by atoms with Crippen LogP contribution in [-0.2, 0) is 9.53 Å². The predicted octanol–water partition coefficient (Wildman–Crippen LogP) is 9.75. The third-order valence-corrected chi connectivity index (χ3v) is 6.12. The van der Waals surface area contributed by atoms with Crippen LogP contribution in [0.25, 0.3) is 0 Å². The van der Waals surface area contributed by atoms with Crippen molar-refractivity contribution in [2.24, 2.45) is 0 Å². The molecule has 184 valence electrons. The van der Waals surface area contributed by atoms with Crippen LogP contribution in [0.3, 0.4) is 0 Å². The summed E-state index contributed by atoms with van der Waals surface area (Å²) in [5.41, 5.74) is 0. The van der Waals surface area contributed by atoms with Crippen LogP contribution < -0.4 is 0 Å². The van der Waals surface area contributed by atoms with Crippen molar-refractivity contribution in [3.63, 3.8) is 0 Å². The molecule has 0 aliphatic carbocycles. The van der Waals surface area contributed by atoms with Gasteiger partial charge in [0.2, 0.25) is 0 Å². The van der Waals surface area contributed by atoms with Gasteiger partial charge in [0.15, 0.2) is 5.78 Å². The summed E-state index contributed by atoms with van der Waals surface area (Å²) in [4.78, 5) is 11.8. The van der Waals surface area contributed by atoms with Gasteiger partial charge in [0.1, 0.15) is 6.61 Å². The Kier molecular flexibility index (Phi) is 26.8. The zero-order valence-electron chi connectivity index (χ0n) is 21.4. The average molecular weight is 437 g/mol. The molecule has 2 heteroatoms. The molecule has 0 rings (SSSR count). The molecule has 0 aromatic rings. The monoisotopic (exact) mass is 436 g/mol.